The van der Waals surface area contributed by atoms with Crippen LogP contribution in [-0.2, 0) is 6.42 Å². The van der Waals surface area contributed by atoms with Gasteiger partial charge in [-0.3, -0.25) is 0 Å². The first-order valence-electron chi connectivity index (χ1n) is 18.2. The van der Waals surface area contributed by atoms with Gasteiger partial charge in [-0.1, -0.05) is 158 Å². The number of fused-ring (bicyclic) bond motifs is 6. The van der Waals surface area contributed by atoms with Gasteiger partial charge in [-0.05, 0) is 76.6 Å². The average Bonchev–Trinajstić information content (AvgIpc) is 3.73. The highest BCUT2D eigenvalue weighted by atomic mass is 15.0. The van der Waals surface area contributed by atoms with Gasteiger partial charge in [0.15, 0.2) is 0 Å². The Bertz CT molecular complexity index is 2620. The van der Waals surface area contributed by atoms with E-state index >= 15 is 0 Å². The Kier molecular flexibility index (Phi) is 7.39. The van der Waals surface area contributed by atoms with Gasteiger partial charge >= 0.3 is 0 Å². The number of hydrogen-bond donors (Lipinski definition) is 0. The molecular weight excluding hydrogens is 629 g/mol. The molecular formula is C50H36N2. The maximum absolute atomic E-state index is 5.33. The number of rotatable bonds is 7. The molecule has 9 aromatic rings. The van der Waals surface area contributed by atoms with Gasteiger partial charge in [-0.25, -0.2) is 4.98 Å². The fraction of sp³-hybridized carbons (Fsp3) is 0.0600. The lowest BCUT2D eigenvalue weighted by Gasteiger charge is -2.15. The summed E-state index contributed by atoms with van der Waals surface area (Å²) in [5.74, 6) is 0.435. The number of benzene rings is 7. The van der Waals surface area contributed by atoms with Crippen molar-refractivity contribution >= 4 is 21.8 Å². The predicted molar refractivity (Wildman–Crippen MR) is 217 cm³/mol. The average molecular weight is 665 g/mol. The van der Waals surface area contributed by atoms with E-state index in [1.165, 1.54) is 55.2 Å². The summed E-state index contributed by atoms with van der Waals surface area (Å²) in [5, 5.41) is 2.54. The first-order valence-corrected chi connectivity index (χ1v) is 18.2. The molecule has 1 aliphatic rings. The van der Waals surface area contributed by atoms with Crippen molar-refractivity contribution in [3.05, 3.63) is 205 Å². The van der Waals surface area contributed by atoms with E-state index in [0.29, 0.717) is 5.92 Å². The minimum Gasteiger partial charge on any atom is -0.309 e. The van der Waals surface area contributed by atoms with Crippen molar-refractivity contribution in [3.63, 3.8) is 0 Å². The third-order valence-electron chi connectivity index (χ3n) is 10.9. The Morgan fingerprint density at radius 3 is 1.63 bits per heavy atom. The summed E-state index contributed by atoms with van der Waals surface area (Å²) in [6.07, 6.45) is 2.12. The number of nitrogens with zero attached hydrogens (tertiary/aromatic N) is 2. The largest absolute Gasteiger partial charge is 0.309 e. The van der Waals surface area contributed by atoms with E-state index in [1.807, 2.05) is 0 Å². The summed E-state index contributed by atoms with van der Waals surface area (Å²) >= 11 is 0. The molecule has 0 radical (unpaired) electrons. The predicted octanol–water partition coefficient (Wildman–Crippen LogP) is 12.9. The second-order valence-electron chi connectivity index (χ2n) is 13.8. The maximum Gasteiger partial charge on any atom is 0.0787 e. The molecule has 0 fully saturated rings. The molecule has 0 amide bonds. The molecule has 0 unspecified atom stereocenters. The number of aromatic nitrogens is 2. The summed E-state index contributed by atoms with van der Waals surface area (Å²) < 4.78 is 2.36. The van der Waals surface area contributed by atoms with E-state index in [2.05, 4.69) is 193 Å². The van der Waals surface area contributed by atoms with Gasteiger partial charge in [0.05, 0.1) is 22.4 Å². The van der Waals surface area contributed by atoms with Crippen LogP contribution in [0.5, 0.6) is 0 Å². The van der Waals surface area contributed by atoms with Gasteiger partial charge in [0.25, 0.3) is 0 Å². The van der Waals surface area contributed by atoms with Crippen molar-refractivity contribution in [2.45, 2.75) is 18.8 Å². The molecule has 1 aliphatic carbocycles. The van der Waals surface area contributed by atoms with Gasteiger partial charge < -0.3 is 4.57 Å². The normalized spacial score (nSPS) is 12.3. The van der Waals surface area contributed by atoms with Crippen molar-refractivity contribution in [2.75, 3.05) is 0 Å². The highest BCUT2D eigenvalue weighted by Crippen LogP contribution is 2.46. The maximum atomic E-state index is 5.33. The smallest absolute Gasteiger partial charge is 0.0787 e. The van der Waals surface area contributed by atoms with Crippen LogP contribution in [0, 0.1) is 0 Å². The van der Waals surface area contributed by atoms with E-state index in [-0.39, 0.29) is 0 Å². The van der Waals surface area contributed by atoms with Crippen molar-refractivity contribution in [1.29, 1.82) is 0 Å². The molecule has 0 aliphatic heterocycles. The molecule has 2 heterocycles. The summed E-state index contributed by atoms with van der Waals surface area (Å²) in [6.45, 7) is 0. The Morgan fingerprint density at radius 2 is 0.981 bits per heavy atom. The lowest BCUT2D eigenvalue weighted by molar-refractivity contribution is 0.729. The summed E-state index contributed by atoms with van der Waals surface area (Å²) in [4.78, 5) is 5.33. The van der Waals surface area contributed by atoms with Crippen LogP contribution in [0.4, 0.5) is 0 Å². The van der Waals surface area contributed by atoms with Crippen LogP contribution in [-0.4, -0.2) is 9.55 Å². The quantitative estimate of drug-likeness (QED) is 0.166. The second kappa shape index (κ2) is 12.7. The van der Waals surface area contributed by atoms with Crippen molar-refractivity contribution in [3.8, 4) is 50.5 Å². The number of pyridine rings is 1. The van der Waals surface area contributed by atoms with Crippen LogP contribution >= 0.6 is 0 Å². The molecule has 0 atom stereocenters. The third-order valence-corrected chi connectivity index (χ3v) is 10.9. The van der Waals surface area contributed by atoms with Crippen LogP contribution in [0.15, 0.2) is 188 Å². The summed E-state index contributed by atoms with van der Waals surface area (Å²) in [6, 6.07) is 68.1. The van der Waals surface area contributed by atoms with Crippen molar-refractivity contribution in [2.24, 2.45) is 0 Å². The standard InChI is InChI=1S/C50H36N2/c1-2-12-37(13-3-1)50-39(35-25-22-34(23-26-35)24-31-44-42-16-6-4-14-40(42)41-15-5-7-17-43(41)44)32-33-47(51-50)36-27-29-38(30-28-36)52-48-20-10-8-18-45(48)46-19-9-11-21-49(46)52/h1-23,25-30,32-33,44H,24,31H2. The van der Waals surface area contributed by atoms with Gasteiger partial charge in [0.1, 0.15) is 0 Å². The minimum atomic E-state index is 0.435. The SMILES string of the molecule is c1ccc(-c2nc(-c3ccc(-n4c5ccccc5c5ccccc54)cc3)ccc2-c2ccc(CCC3c4ccccc4-c4ccccc43)cc2)cc1. The zero-order chi connectivity index (χ0) is 34.4. The lowest BCUT2D eigenvalue weighted by atomic mass is 9.90. The fourth-order valence-electron chi connectivity index (χ4n) is 8.38. The molecule has 2 nitrogen and oxygen atoms in total. The highest BCUT2D eigenvalue weighted by molar-refractivity contribution is 6.09. The number of aryl methyl sites for hydroxylation is 1. The minimum absolute atomic E-state index is 0.435. The van der Waals surface area contributed by atoms with E-state index in [9.17, 15) is 0 Å². The molecule has 0 bridgehead atoms. The van der Waals surface area contributed by atoms with Crippen molar-refractivity contribution < 1.29 is 0 Å². The van der Waals surface area contributed by atoms with Gasteiger partial charge in [-0.15, -0.1) is 0 Å². The van der Waals surface area contributed by atoms with Crippen molar-refractivity contribution in [1.82, 2.24) is 9.55 Å². The lowest BCUT2D eigenvalue weighted by Crippen LogP contribution is -1.99. The Morgan fingerprint density at radius 1 is 0.423 bits per heavy atom. The zero-order valence-corrected chi connectivity index (χ0v) is 28.8. The van der Waals surface area contributed by atoms with E-state index in [1.54, 1.807) is 0 Å². The molecule has 7 aromatic carbocycles. The zero-order valence-electron chi connectivity index (χ0n) is 28.8. The van der Waals surface area contributed by atoms with Gasteiger partial charge in [0, 0.05) is 39.1 Å². The second-order valence-corrected chi connectivity index (χ2v) is 13.8. The van der Waals surface area contributed by atoms with Gasteiger partial charge in [-0.2, -0.15) is 0 Å². The van der Waals surface area contributed by atoms with Gasteiger partial charge in [0.2, 0.25) is 0 Å². The molecule has 0 saturated heterocycles. The number of para-hydroxylation sites is 2. The van der Waals surface area contributed by atoms with Crippen LogP contribution in [0.2, 0.25) is 0 Å². The van der Waals surface area contributed by atoms with Crippen LogP contribution in [0.25, 0.3) is 72.3 Å². The molecule has 52 heavy (non-hydrogen) atoms. The third kappa shape index (κ3) is 5.15. The summed E-state index contributed by atoms with van der Waals surface area (Å²) in [5.41, 5.74) is 17.1. The Labute approximate surface area is 304 Å². The number of hydrogen-bond acceptors (Lipinski definition) is 1. The molecule has 0 N–H and O–H groups in total. The van der Waals surface area contributed by atoms with Crippen LogP contribution < -0.4 is 0 Å². The molecule has 2 aromatic heterocycles. The monoisotopic (exact) mass is 664 g/mol. The fourth-order valence-corrected chi connectivity index (χ4v) is 8.38. The first-order chi connectivity index (χ1) is 25.8. The van der Waals surface area contributed by atoms with Crippen LogP contribution in [0.1, 0.15) is 29.0 Å². The first kappa shape index (κ1) is 30.3. The van der Waals surface area contributed by atoms with Crippen LogP contribution in [0.3, 0.4) is 0 Å². The molecule has 0 spiro atoms. The summed E-state index contributed by atoms with van der Waals surface area (Å²) in [7, 11) is 0. The van der Waals surface area contributed by atoms with E-state index in [0.717, 1.165) is 46.6 Å². The molecule has 246 valence electrons. The highest BCUT2D eigenvalue weighted by Gasteiger charge is 2.27. The van der Waals surface area contributed by atoms with E-state index in [4.69, 9.17) is 4.98 Å². The molecule has 10 rings (SSSR count). The Hall–Kier alpha value is -6.51. The topological polar surface area (TPSA) is 17.8 Å². The van der Waals surface area contributed by atoms with E-state index < -0.39 is 0 Å². The molecule has 0 saturated carbocycles. The molecule has 2 heteroatoms. The Balaban J connectivity index is 0.952.